The normalized spacial score (nSPS) is 17.5. The number of hydrogen-bond donors (Lipinski definition) is 0. The van der Waals surface area contributed by atoms with Crippen molar-refractivity contribution in [3.8, 4) is 0 Å². The Labute approximate surface area is 112 Å². The van der Waals surface area contributed by atoms with Crippen molar-refractivity contribution in [2.24, 2.45) is 0 Å². The standard InChI is InChI=1S/C16H26N2/c1-5-14-6-7-16(15(12-14)13(2)3)18-10-8-17(4)9-11-18/h6-7,12-13H,5,8-11H2,1-4H3. The Morgan fingerprint density at radius 3 is 2.33 bits per heavy atom. The second-order valence-electron chi connectivity index (χ2n) is 5.69. The van der Waals surface area contributed by atoms with E-state index >= 15 is 0 Å². The third-order valence-electron chi connectivity index (χ3n) is 3.97. The lowest BCUT2D eigenvalue weighted by Crippen LogP contribution is -2.44. The summed E-state index contributed by atoms with van der Waals surface area (Å²) in [4.78, 5) is 4.96. The molecule has 1 aromatic rings. The summed E-state index contributed by atoms with van der Waals surface area (Å²) < 4.78 is 0. The van der Waals surface area contributed by atoms with Crippen LogP contribution in [0.1, 0.15) is 37.8 Å². The zero-order valence-corrected chi connectivity index (χ0v) is 12.2. The number of hydrogen-bond acceptors (Lipinski definition) is 2. The van der Waals surface area contributed by atoms with Crippen molar-refractivity contribution >= 4 is 5.69 Å². The molecule has 100 valence electrons. The van der Waals surface area contributed by atoms with E-state index in [1.165, 1.54) is 29.9 Å². The van der Waals surface area contributed by atoms with Gasteiger partial charge in [0.2, 0.25) is 0 Å². The van der Waals surface area contributed by atoms with Gasteiger partial charge in [0, 0.05) is 31.9 Å². The van der Waals surface area contributed by atoms with Crippen molar-refractivity contribution in [3.63, 3.8) is 0 Å². The highest BCUT2D eigenvalue weighted by Gasteiger charge is 2.18. The highest BCUT2D eigenvalue weighted by atomic mass is 15.2. The maximum Gasteiger partial charge on any atom is 0.0402 e. The van der Waals surface area contributed by atoms with Crippen molar-refractivity contribution in [1.29, 1.82) is 0 Å². The molecule has 0 atom stereocenters. The number of piperazine rings is 1. The Kier molecular flexibility index (Phi) is 4.28. The molecule has 18 heavy (non-hydrogen) atoms. The highest BCUT2D eigenvalue weighted by molar-refractivity contribution is 5.56. The van der Waals surface area contributed by atoms with Crippen LogP contribution in [0.25, 0.3) is 0 Å². The average molecular weight is 246 g/mol. The lowest BCUT2D eigenvalue weighted by Gasteiger charge is -2.36. The van der Waals surface area contributed by atoms with Crippen molar-refractivity contribution in [3.05, 3.63) is 29.3 Å². The van der Waals surface area contributed by atoms with E-state index in [-0.39, 0.29) is 0 Å². The van der Waals surface area contributed by atoms with Crippen LogP contribution in [0.3, 0.4) is 0 Å². The first-order chi connectivity index (χ1) is 8.61. The quantitative estimate of drug-likeness (QED) is 0.808. The molecule has 0 bridgehead atoms. The number of likely N-dealkylation sites (N-methyl/N-ethyl adjacent to an activating group) is 1. The summed E-state index contributed by atoms with van der Waals surface area (Å²) in [6.07, 6.45) is 1.13. The number of aryl methyl sites for hydroxylation is 1. The van der Waals surface area contributed by atoms with Gasteiger partial charge in [0.05, 0.1) is 0 Å². The lowest BCUT2D eigenvalue weighted by molar-refractivity contribution is 0.312. The van der Waals surface area contributed by atoms with E-state index in [2.05, 4.69) is 55.8 Å². The fourth-order valence-electron chi connectivity index (χ4n) is 2.62. The predicted octanol–water partition coefficient (Wildman–Crippen LogP) is 3.12. The molecule has 0 aliphatic carbocycles. The second-order valence-corrected chi connectivity index (χ2v) is 5.69. The topological polar surface area (TPSA) is 6.48 Å². The van der Waals surface area contributed by atoms with Gasteiger partial charge in [0.15, 0.2) is 0 Å². The minimum absolute atomic E-state index is 0.603. The fraction of sp³-hybridized carbons (Fsp3) is 0.625. The maximum absolute atomic E-state index is 2.55. The van der Waals surface area contributed by atoms with E-state index in [0.29, 0.717) is 5.92 Å². The van der Waals surface area contributed by atoms with Crippen molar-refractivity contribution in [1.82, 2.24) is 4.90 Å². The van der Waals surface area contributed by atoms with Crippen molar-refractivity contribution < 1.29 is 0 Å². The molecule has 0 radical (unpaired) electrons. The molecule has 1 aliphatic rings. The molecule has 2 rings (SSSR count). The predicted molar refractivity (Wildman–Crippen MR) is 79.6 cm³/mol. The summed E-state index contributed by atoms with van der Waals surface area (Å²) >= 11 is 0. The fourth-order valence-corrected chi connectivity index (χ4v) is 2.62. The average Bonchev–Trinajstić information content (AvgIpc) is 2.39. The summed E-state index contributed by atoms with van der Waals surface area (Å²) in [6.45, 7) is 11.5. The van der Waals surface area contributed by atoms with Gasteiger partial charge >= 0.3 is 0 Å². The highest BCUT2D eigenvalue weighted by Crippen LogP contribution is 2.29. The molecule has 1 fully saturated rings. The largest absolute Gasteiger partial charge is 0.369 e. The summed E-state index contributed by atoms with van der Waals surface area (Å²) in [5.41, 5.74) is 4.42. The molecule has 2 heteroatoms. The van der Waals surface area contributed by atoms with Crippen molar-refractivity contribution in [2.45, 2.75) is 33.1 Å². The Morgan fingerprint density at radius 2 is 1.78 bits per heavy atom. The van der Waals surface area contributed by atoms with Crippen LogP contribution < -0.4 is 4.90 Å². The van der Waals surface area contributed by atoms with Gasteiger partial charge in [-0.1, -0.05) is 32.9 Å². The van der Waals surface area contributed by atoms with E-state index in [4.69, 9.17) is 0 Å². The van der Waals surface area contributed by atoms with Gasteiger partial charge in [-0.05, 0) is 36.6 Å². The van der Waals surface area contributed by atoms with Crippen LogP contribution in [0.5, 0.6) is 0 Å². The van der Waals surface area contributed by atoms with Crippen LogP contribution in [0, 0.1) is 0 Å². The Morgan fingerprint density at radius 1 is 1.11 bits per heavy atom. The Bertz CT molecular complexity index is 390. The summed E-state index contributed by atoms with van der Waals surface area (Å²) in [5.74, 6) is 0.603. The van der Waals surface area contributed by atoms with Gasteiger partial charge in [-0.15, -0.1) is 0 Å². The third kappa shape index (κ3) is 2.86. The molecule has 0 amide bonds. The van der Waals surface area contributed by atoms with Crippen LogP contribution >= 0.6 is 0 Å². The monoisotopic (exact) mass is 246 g/mol. The van der Waals surface area contributed by atoms with E-state index < -0.39 is 0 Å². The van der Waals surface area contributed by atoms with Crippen LogP contribution in [0.15, 0.2) is 18.2 Å². The maximum atomic E-state index is 2.55. The van der Waals surface area contributed by atoms with E-state index in [9.17, 15) is 0 Å². The van der Waals surface area contributed by atoms with Gasteiger partial charge in [-0.3, -0.25) is 0 Å². The molecular formula is C16H26N2. The first-order valence-electron chi connectivity index (χ1n) is 7.18. The van der Waals surface area contributed by atoms with Gasteiger partial charge in [0.1, 0.15) is 0 Å². The summed E-state index contributed by atoms with van der Waals surface area (Å²) in [7, 11) is 2.21. The van der Waals surface area contributed by atoms with Crippen LogP contribution in [0.4, 0.5) is 5.69 Å². The smallest absolute Gasteiger partial charge is 0.0402 e. The molecule has 1 saturated heterocycles. The van der Waals surface area contributed by atoms with Crippen LogP contribution in [-0.2, 0) is 6.42 Å². The van der Waals surface area contributed by atoms with E-state index in [1.54, 1.807) is 0 Å². The third-order valence-corrected chi connectivity index (χ3v) is 3.97. The molecule has 0 saturated carbocycles. The summed E-state index contributed by atoms with van der Waals surface area (Å²) in [5, 5.41) is 0. The number of benzene rings is 1. The van der Waals surface area contributed by atoms with Gasteiger partial charge in [-0.2, -0.15) is 0 Å². The Hall–Kier alpha value is -1.02. The van der Waals surface area contributed by atoms with Gasteiger partial charge in [0.25, 0.3) is 0 Å². The van der Waals surface area contributed by atoms with Crippen LogP contribution in [-0.4, -0.2) is 38.1 Å². The first-order valence-corrected chi connectivity index (χ1v) is 7.18. The number of anilines is 1. The second kappa shape index (κ2) is 5.75. The van der Waals surface area contributed by atoms with E-state index in [0.717, 1.165) is 19.5 Å². The van der Waals surface area contributed by atoms with Crippen molar-refractivity contribution in [2.75, 3.05) is 38.1 Å². The molecular weight excluding hydrogens is 220 g/mol. The molecule has 0 N–H and O–H groups in total. The molecule has 1 heterocycles. The van der Waals surface area contributed by atoms with Gasteiger partial charge in [-0.25, -0.2) is 0 Å². The van der Waals surface area contributed by atoms with Gasteiger partial charge < -0.3 is 9.80 Å². The number of nitrogens with zero attached hydrogens (tertiary/aromatic N) is 2. The van der Waals surface area contributed by atoms with E-state index in [1.807, 2.05) is 0 Å². The molecule has 1 aromatic carbocycles. The SMILES string of the molecule is CCc1ccc(N2CCN(C)CC2)c(C(C)C)c1. The molecule has 0 spiro atoms. The molecule has 0 unspecified atom stereocenters. The first kappa shape index (κ1) is 13.4. The summed E-state index contributed by atoms with van der Waals surface area (Å²) in [6, 6.07) is 7.03. The zero-order valence-electron chi connectivity index (χ0n) is 12.2. The van der Waals surface area contributed by atoms with Crippen LogP contribution in [0.2, 0.25) is 0 Å². The zero-order chi connectivity index (χ0) is 13.1. The molecule has 1 aliphatic heterocycles. The number of rotatable bonds is 3. The molecule has 0 aromatic heterocycles. The lowest BCUT2D eigenvalue weighted by atomic mass is 9.96. The molecule has 2 nitrogen and oxygen atoms in total. The minimum atomic E-state index is 0.603. The minimum Gasteiger partial charge on any atom is -0.369 e. The Balaban J connectivity index is 2.26.